The first kappa shape index (κ1) is 20.6. The molecule has 29 heavy (non-hydrogen) atoms. The monoisotopic (exact) mass is 399 g/mol. The number of carbonyl (C=O) groups is 1. The van der Waals surface area contributed by atoms with Crippen LogP contribution in [0.2, 0.25) is 0 Å². The van der Waals surface area contributed by atoms with Gasteiger partial charge in [0.1, 0.15) is 6.54 Å². The SMILES string of the molecule is CC(C)N(C(=O)Cn1nc(-c2ccc(F)c(F)c2)c2ccccc2c1=O)C(C)C. The number of nitrogens with zero attached hydrogens (tertiary/aromatic N) is 3. The molecule has 0 aliphatic heterocycles. The summed E-state index contributed by atoms with van der Waals surface area (Å²) in [6.45, 7) is 7.38. The summed E-state index contributed by atoms with van der Waals surface area (Å²) in [5.74, 6) is -2.21. The zero-order valence-corrected chi connectivity index (χ0v) is 16.8. The number of fused-ring (bicyclic) bond motifs is 1. The molecule has 0 saturated heterocycles. The highest BCUT2D eigenvalue weighted by Gasteiger charge is 2.22. The van der Waals surface area contributed by atoms with Crippen LogP contribution in [0.3, 0.4) is 0 Å². The van der Waals surface area contributed by atoms with E-state index in [4.69, 9.17) is 0 Å². The first-order valence-electron chi connectivity index (χ1n) is 9.47. The molecule has 0 radical (unpaired) electrons. The largest absolute Gasteiger partial charge is 0.336 e. The highest BCUT2D eigenvalue weighted by Crippen LogP contribution is 2.26. The first-order chi connectivity index (χ1) is 13.7. The Labute approximate surface area is 167 Å². The fourth-order valence-corrected chi connectivity index (χ4v) is 3.58. The van der Waals surface area contributed by atoms with Gasteiger partial charge in [-0.3, -0.25) is 9.59 Å². The zero-order valence-electron chi connectivity index (χ0n) is 16.8. The Kier molecular flexibility index (Phi) is 5.77. The predicted molar refractivity (Wildman–Crippen MR) is 108 cm³/mol. The summed E-state index contributed by atoms with van der Waals surface area (Å²) in [4.78, 5) is 27.5. The number of halogens is 2. The van der Waals surface area contributed by atoms with Crippen molar-refractivity contribution in [2.24, 2.45) is 0 Å². The van der Waals surface area contributed by atoms with Gasteiger partial charge in [0.05, 0.1) is 11.1 Å². The maximum absolute atomic E-state index is 13.8. The van der Waals surface area contributed by atoms with Gasteiger partial charge in [-0.2, -0.15) is 5.10 Å². The minimum absolute atomic E-state index is 0.0377. The van der Waals surface area contributed by atoms with E-state index in [9.17, 15) is 18.4 Å². The van der Waals surface area contributed by atoms with Gasteiger partial charge in [-0.05, 0) is 52.0 Å². The Morgan fingerprint density at radius 1 is 1.00 bits per heavy atom. The van der Waals surface area contributed by atoms with E-state index in [0.29, 0.717) is 22.0 Å². The van der Waals surface area contributed by atoms with Crippen molar-refractivity contribution in [2.45, 2.75) is 46.3 Å². The van der Waals surface area contributed by atoms with E-state index in [1.165, 1.54) is 6.07 Å². The van der Waals surface area contributed by atoms with Crippen LogP contribution in [0.1, 0.15) is 27.7 Å². The van der Waals surface area contributed by atoms with E-state index in [2.05, 4.69) is 5.10 Å². The number of hydrogen-bond donors (Lipinski definition) is 0. The minimum Gasteiger partial charge on any atom is -0.336 e. The molecule has 0 atom stereocenters. The second kappa shape index (κ2) is 8.11. The van der Waals surface area contributed by atoms with Crippen molar-refractivity contribution in [1.82, 2.24) is 14.7 Å². The molecule has 0 unspecified atom stereocenters. The van der Waals surface area contributed by atoms with Crippen LogP contribution >= 0.6 is 0 Å². The van der Waals surface area contributed by atoms with Gasteiger partial charge < -0.3 is 4.90 Å². The summed E-state index contributed by atoms with van der Waals surface area (Å²) in [5.41, 5.74) is 0.228. The molecule has 3 aromatic rings. The summed E-state index contributed by atoms with van der Waals surface area (Å²) >= 11 is 0. The molecule has 0 N–H and O–H groups in total. The number of benzene rings is 2. The lowest BCUT2D eigenvalue weighted by molar-refractivity contribution is -0.135. The van der Waals surface area contributed by atoms with E-state index in [-0.39, 0.29) is 24.5 Å². The van der Waals surface area contributed by atoms with E-state index < -0.39 is 17.2 Å². The number of hydrogen-bond acceptors (Lipinski definition) is 3. The lowest BCUT2D eigenvalue weighted by Gasteiger charge is -2.30. The smallest absolute Gasteiger partial charge is 0.275 e. The Morgan fingerprint density at radius 2 is 1.62 bits per heavy atom. The molecule has 5 nitrogen and oxygen atoms in total. The number of carbonyl (C=O) groups excluding carboxylic acids is 1. The number of amides is 1. The van der Waals surface area contributed by atoms with Gasteiger partial charge in [-0.1, -0.05) is 18.2 Å². The van der Waals surface area contributed by atoms with E-state index in [1.807, 2.05) is 27.7 Å². The molecule has 152 valence electrons. The number of rotatable bonds is 5. The van der Waals surface area contributed by atoms with Gasteiger partial charge in [0.15, 0.2) is 11.6 Å². The molecule has 1 aromatic heterocycles. The second-order valence-electron chi connectivity index (χ2n) is 7.47. The fraction of sp³-hybridized carbons (Fsp3) is 0.318. The van der Waals surface area contributed by atoms with Crippen molar-refractivity contribution in [2.75, 3.05) is 0 Å². The molecule has 0 bridgehead atoms. The standard InChI is InChI=1S/C22H23F2N3O2/c1-13(2)27(14(3)4)20(28)12-26-22(29)17-8-6-5-7-16(17)21(25-26)15-9-10-18(23)19(24)11-15/h5-11,13-14H,12H2,1-4H3. The van der Waals surface area contributed by atoms with Crippen LogP contribution in [-0.4, -0.2) is 32.7 Å². The third kappa shape index (κ3) is 4.04. The summed E-state index contributed by atoms with van der Waals surface area (Å²) in [6, 6.07) is 10.1. The molecule has 0 aliphatic carbocycles. The quantitative estimate of drug-likeness (QED) is 0.652. The summed E-state index contributed by atoms with van der Waals surface area (Å²) < 4.78 is 28.3. The van der Waals surface area contributed by atoms with Gasteiger partial charge in [0.2, 0.25) is 5.91 Å². The van der Waals surface area contributed by atoms with Gasteiger partial charge in [-0.15, -0.1) is 0 Å². The summed E-state index contributed by atoms with van der Waals surface area (Å²) in [5, 5.41) is 5.22. The zero-order chi connectivity index (χ0) is 21.3. The summed E-state index contributed by atoms with van der Waals surface area (Å²) in [6.07, 6.45) is 0. The van der Waals surface area contributed by atoms with Crippen LogP contribution in [0, 0.1) is 11.6 Å². The van der Waals surface area contributed by atoms with Crippen molar-refractivity contribution in [3.8, 4) is 11.3 Å². The van der Waals surface area contributed by atoms with Crippen molar-refractivity contribution in [3.05, 3.63) is 64.5 Å². The van der Waals surface area contributed by atoms with Crippen LogP contribution in [-0.2, 0) is 11.3 Å². The van der Waals surface area contributed by atoms with Crippen molar-refractivity contribution < 1.29 is 13.6 Å². The van der Waals surface area contributed by atoms with E-state index >= 15 is 0 Å². The fourth-order valence-electron chi connectivity index (χ4n) is 3.58. The normalized spacial score (nSPS) is 11.4. The highest BCUT2D eigenvalue weighted by molar-refractivity contribution is 5.93. The Bertz CT molecular complexity index is 1110. The van der Waals surface area contributed by atoms with E-state index in [1.54, 1.807) is 29.2 Å². The molecule has 0 fully saturated rings. The van der Waals surface area contributed by atoms with Crippen LogP contribution in [0.4, 0.5) is 8.78 Å². The first-order valence-corrected chi connectivity index (χ1v) is 9.47. The molecular weight excluding hydrogens is 376 g/mol. The van der Waals surface area contributed by atoms with Gasteiger partial charge in [0.25, 0.3) is 5.56 Å². The second-order valence-corrected chi connectivity index (χ2v) is 7.47. The maximum atomic E-state index is 13.8. The molecule has 1 amide bonds. The number of aromatic nitrogens is 2. The molecular formula is C22H23F2N3O2. The average molecular weight is 399 g/mol. The molecule has 3 rings (SSSR count). The van der Waals surface area contributed by atoms with Crippen LogP contribution < -0.4 is 5.56 Å². The van der Waals surface area contributed by atoms with Crippen molar-refractivity contribution in [1.29, 1.82) is 0 Å². The lowest BCUT2D eigenvalue weighted by atomic mass is 10.0. The topological polar surface area (TPSA) is 55.2 Å². The Balaban J connectivity index is 2.16. The molecule has 1 heterocycles. The molecule has 0 saturated carbocycles. The Morgan fingerprint density at radius 3 is 2.21 bits per heavy atom. The summed E-state index contributed by atoms with van der Waals surface area (Å²) in [7, 11) is 0. The average Bonchev–Trinajstić information content (AvgIpc) is 2.66. The Hall–Kier alpha value is -3.09. The third-order valence-corrected chi connectivity index (χ3v) is 4.75. The lowest BCUT2D eigenvalue weighted by Crippen LogP contribution is -2.45. The maximum Gasteiger partial charge on any atom is 0.275 e. The van der Waals surface area contributed by atoms with Gasteiger partial charge in [0, 0.05) is 23.0 Å². The molecule has 0 spiro atoms. The van der Waals surface area contributed by atoms with Gasteiger partial charge in [-0.25, -0.2) is 13.5 Å². The highest BCUT2D eigenvalue weighted by atomic mass is 19.2. The van der Waals surface area contributed by atoms with Crippen LogP contribution in [0.15, 0.2) is 47.3 Å². The predicted octanol–water partition coefficient (Wildman–Crippen LogP) is 3.99. The van der Waals surface area contributed by atoms with Crippen molar-refractivity contribution >= 4 is 16.7 Å². The van der Waals surface area contributed by atoms with Crippen LogP contribution in [0.5, 0.6) is 0 Å². The van der Waals surface area contributed by atoms with E-state index in [0.717, 1.165) is 16.8 Å². The molecule has 0 aliphatic rings. The van der Waals surface area contributed by atoms with Crippen molar-refractivity contribution in [3.63, 3.8) is 0 Å². The minimum atomic E-state index is -1.01. The van der Waals surface area contributed by atoms with Crippen LogP contribution in [0.25, 0.3) is 22.0 Å². The third-order valence-electron chi connectivity index (χ3n) is 4.75. The molecule has 2 aromatic carbocycles. The molecule has 7 heteroatoms. The van der Waals surface area contributed by atoms with Gasteiger partial charge >= 0.3 is 0 Å².